The Morgan fingerprint density at radius 2 is 1.93 bits per heavy atom. The van der Waals surface area contributed by atoms with Gasteiger partial charge in [-0.15, -0.1) is 0 Å². The summed E-state index contributed by atoms with van der Waals surface area (Å²) in [6.45, 7) is 3.32. The van der Waals surface area contributed by atoms with Crippen molar-refractivity contribution in [1.29, 1.82) is 0 Å². The molecule has 0 aromatic carbocycles. The minimum Gasteiger partial charge on any atom is -0.383 e. The van der Waals surface area contributed by atoms with Gasteiger partial charge in [0.05, 0.1) is 18.5 Å². The molecule has 0 atom stereocenters. The maximum atomic E-state index is 5.24. The molecule has 1 fully saturated rings. The minimum absolute atomic E-state index is 0.425. The first-order chi connectivity index (χ1) is 13.7. The van der Waals surface area contributed by atoms with Gasteiger partial charge in [-0.05, 0) is 25.0 Å². The first-order valence-corrected chi connectivity index (χ1v) is 9.71. The van der Waals surface area contributed by atoms with Crippen molar-refractivity contribution in [2.24, 2.45) is 7.05 Å². The number of rotatable bonds is 6. The standard InChI is InChI=1S/C20H27N7O/c1-25(11-12-28-3)19-18-17(26(2)14-23-18)13-16(24-19)15-5-9-27(10-6-15)20-21-7-4-8-22-20/h4,7-8,13-15H,5-6,9-12H2,1-3H3. The molecular weight excluding hydrogens is 354 g/mol. The van der Waals surface area contributed by atoms with E-state index in [-0.39, 0.29) is 0 Å². The summed E-state index contributed by atoms with van der Waals surface area (Å²) in [5.74, 6) is 2.17. The van der Waals surface area contributed by atoms with E-state index >= 15 is 0 Å². The van der Waals surface area contributed by atoms with Crippen molar-refractivity contribution in [3.63, 3.8) is 0 Å². The number of nitrogens with zero attached hydrogens (tertiary/aromatic N) is 7. The molecule has 0 aliphatic carbocycles. The Morgan fingerprint density at radius 3 is 2.64 bits per heavy atom. The van der Waals surface area contributed by atoms with Crippen LogP contribution in [0, 0.1) is 0 Å². The number of aryl methyl sites for hydroxylation is 1. The van der Waals surface area contributed by atoms with Crippen LogP contribution in [0.25, 0.3) is 11.0 Å². The first-order valence-electron chi connectivity index (χ1n) is 9.71. The molecule has 0 amide bonds. The van der Waals surface area contributed by atoms with Crippen LogP contribution >= 0.6 is 0 Å². The van der Waals surface area contributed by atoms with Crippen molar-refractivity contribution >= 4 is 22.8 Å². The Morgan fingerprint density at radius 1 is 1.18 bits per heavy atom. The van der Waals surface area contributed by atoms with Gasteiger partial charge >= 0.3 is 0 Å². The third-order valence-electron chi connectivity index (χ3n) is 5.45. The lowest BCUT2D eigenvalue weighted by atomic mass is 9.93. The second-order valence-corrected chi connectivity index (χ2v) is 7.32. The van der Waals surface area contributed by atoms with E-state index in [2.05, 4.69) is 42.4 Å². The van der Waals surface area contributed by atoms with Crippen LogP contribution in [0.15, 0.2) is 30.9 Å². The molecule has 0 spiro atoms. The van der Waals surface area contributed by atoms with Crippen molar-refractivity contribution in [3.05, 3.63) is 36.5 Å². The zero-order valence-electron chi connectivity index (χ0n) is 16.7. The Hall–Kier alpha value is -2.74. The molecule has 1 aliphatic rings. The van der Waals surface area contributed by atoms with Crippen LogP contribution in [0.5, 0.6) is 0 Å². The molecule has 8 heteroatoms. The van der Waals surface area contributed by atoms with Crippen LogP contribution in [-0.2, 0) is 11.8 Å². The van der Waals surface area contributed by atoms with Crippen molar-refractivity contribution in [3.8, 4) is 0 Å². The highest BCUT2D eigenvalue weighted by Gasteiger charge is 2.25. The van der Waals surface area contributed by atoms with E-state index in [0.29, 0.717) is 12.5 Å². The van der Waals surface area contributed by atoms with E-state index in [1.54, 1.807) is 19.5 Å². The molecule has 148 valence electrons. The predicted octanol–water partition coefficient (Wildman–Crippen LogP) is 2.22. The van der Waals surface area contributed by atoms with Gasteiger partial charge in [-0.3, -0.25) is 0 Å². The lowest BCUT2D eigenvalue weighted by molar-refractivity contribution is 0.206. The van der Waals surface area contributed by atoms with Gasteiger partial charge in [0.15, 0.2) is 5.82 Å². The van der Waals surface area contributed by atoms with Crippen LogP contribution in [0.2, 0.25) is 0 Å². The van der Waals surface area contributed by atoms with Gasteiger partial charge in [0.25, 0.3) is 0 Å². The maximum Gasteiger partial charge on any atom is 0.225 e. The molecule has 0 bridgehead atoms. The molecular formula is C20H27N7O. The molecule has 4 rings (SSSR count). The van der Waals surface area contributed by atoms with Crippen LogP contribution < -0.4 is 9.80 Å². The molecule has 0 radical (unpaired) electrons. The van der Waals surface area contributed by atoms with E-state index < -0.39 is 0 Å². The maximum absolute atomic E-state index is 5.24. The molecule has 3 aromatic heterocycles. The van der Waals surface area contributed by atoms with Crippen molar-refractivity contribution in [2.45, 2.75) is 18.8 Å². The van der Waals surface area contributed by atoms with E-state index in [1.807, 2.05) is 19.4 Å². The van der Waals surface area contributed by atoms with Gasteiger partial charge in [0.2, 0.25) is 5.95 Å². The quantitative estimate of drug-likeness (QED) is 0.648. The van der Waals surface area contributed by atoms with Gasteiger partial charge in [-0.25, -0.2) is 19.9 Å². The highest BCUT2D eigenvalue weighted by Crippen LogP contribution is 2.32. The number of aromatic nitrogens is 5. The average molecular weight is 381 g/mol. The van der Waals surface area contributed by atoms with Crippen LogP contribution in [-0.4, -0.2) is 64.9 Å². The summed E-state index contributed by atoms with van der Waals surface area (Å²) >= 11 is 0. The topological polar surface area (TPSA) is 72.2 Å². The largest absolute Gasteiger partial charge is 0.383 e. The molecule has 28 heavy (non-hydrogen) atoms. The third kappa shape index (κ3) is 3.64. The number of hydrogen-bond acceptors (Lipinski definition) is 7. The van der Waals surface area contributed by atoms with Gasteiger partial charge in [-0.1, -0.05) is 0 Å². The Balaban J connectivity index is 1.58. The highest BCUT2D eigenvalue weighted by molar-refractivity contribution is 5.87. The minimum atomic E-state index is 0.425. The Kier molecular flexibility index (Phi) is 5.38. The highest BCUT2D eigenvalue weighted by atomic mass is 16.5. The fourth-order valence-electron chi connectivity index (χ4n) is 3.77. The summed E-state index contributed by atoms with van der Waals surface area (Å²) in [6, 6.07) is 4.06. The number of fused-ring (bicyclic) bond motifs is 1. The monoisotopic (exact) mass is 381 g/mol. The second-order valence-electron chi connectivity index (χ2n) is 7.32. The van der Waals surface area contributed by atoms with E-state index in [1.165, 1.54) is 0 Å². The molecule has 0 saturated carbocycles. The molecule has 1 aliphatic heterocycles. The molecule has 0 N–H and O–H groups in total. The van der Waals surface area contributed by atoms with Gasteiger partial charge in [-0.2, -0.15) is 0 Å². The fourth-order valence-corrected chi connectivity index (χ4v) is 3.77. The van der Waals surface area contributed by atoms with Crippen molar-refractivity contribution < 1.29 is 4.74 Å². The van der Waals surface area contributed by atoms with E-state index in [9.17, 15) is 0 Å². The molecule has 4 heterocycles. The van der Waals surface area contributed by atoms with Gasteiger partial charge < -0.3 is 19.1 Å². The molecule has 1 saturated heterocycles. The molecule has 0 unspecified atom stereocenters. The number of hydrogen-bond donors (Lipinski definition) is 0. The third-order valence-corrected chi connectivity index (χ3v) is 5.45. The Labute approximate surface area is 165 Å². The summed E-state index contributed by atoms with van der Waals surface area (Å²) in [4.78, 5) is 22.8. The zero-order chi connectivity index (χ0) is 19.5. The summed E-state index contributed by atoms with van der Waals surface area (Å²) < 4.78 is 7.31. The SMILES string of the molecule is COCCN(C)c1nc(C2CCN(c3ncccn3)CC2)cc2c1ncn2C. The normalized spacial score (nSPS) is 15.3. The number of anilines is 2. The second kappa shape index (κ2) is 8.10. The van der Waals surface area contributed by atoms with E-state index in [0.717, 1.165) is 61.0 Å². The van der Waals surface area contributed by atoms with Crippen LogP contribution in [0.1, 0.15) is 24.5 Å². The summed E-state index contributed by atoms with van der Waals surface area (Å²) in [6.07, 6.45) is 7.54. The zero-order valence-corrected chi connectivity index (χ0v) is 16.7. The first kappa shape index (κ1) is 18.6. The number of ether oxygens (including phenoxy) is 1. The predicted molar refractivity (Wildman–Crippen MR) is 110 cm³/mol. The summed E-state index contributed by atoms with van der Waals surface area (Å²) in [5, 5.41) is 0. The number of pyridine rings is 1. The number of piperidine rings is 1. The fraction of sp³-hybridized carbons (Fsp3) is 0.500. The van der Waals surface area contributed by atoms with Crippen LogP contribution in [0.4, 0.5) is 11.8 Å². The molecule has 8 nitrogen and oxygen atoms in total. The van der Waals surface area contributed by atoms with Crippen molar-refractivity contribution in [1.82, 2.24) is 24.5 Å². The average Bonchev–Trinajstić information content (AvgIpc) is 3.13. The number of likely N-dealkylation sites (N-methyl/N-ethyl adjacent to an activating group) is 1. The van der Waals surface area contributed by atoms with Gasteiger partial charge in [0, 0.05) is 64.8 Å². The lowest BCUT2D eigenvalue weighted by Crippen LogP contribution is -2.34. The van der Waals surface area contributed by atoms with E-state index in [4.69, 9.17) is 9.72 Å². The van der Waals surface area contributed by atoms with Gasteiger partial charge in [0.1, 0.15) is 5.52 Å². The Bertz CT molecular complexity index is 919. The molecule has 3 aromatic rings. The number of methoxy groups -OCH3 is 1. The van der Waals surface area contributed by atoms with Crippen LogP contribution in [0.3, 0.4) is 0 Å². The summed E-state index contributed by atoms with van der Waals surface area (Å²) in [7, 11) is 5.81. The smallest absolute Gasteiger partial charge is 0.225 e. The van der Waals surface area contributed by atoms with Crippen molar-refractivity contribution in [2.75, 3.05) is 50.2 Å². The summed E-state index contributed by atoms with van der Waals surface area (Å²) in [5.41, 5.74) is 3.21. The number of imidazole rings is 1. The lowest BCUT2D eigenvalue weighted by Gasteiger charge is -2.32.